The van der Waals surface area contributed by atoms with Crippen molar-refractivity contribution in [1.29, 1.82) is 0 Å². The maximum Gasteiger partial charge on any atom is 0.262 e. The fourth-order valence-electron chi connectivity index (χ4n) is 9.67. The summed E-state index contributed by atoms with van der Waals surface area (Å²) in [6, 6.07) is 20.2. The van der Waals surface area contributed by atoms with Crippen LogP contribution in [0.2, 0.25) is 5.02 Å². The largest absolute Gasteiger partial charge is 0.494 e. The maximum absolute atomic E-state index is 14.4. The topological polar surface area (TPSA) is 189 Å². The Hall–Kier alpha value is -6.40. The number of likely N-dealkylation sites (tertiary alicyclic amines) is 1. The van der Waals surface area contributed by atoms with Gasteiger partial charge in [0.15, 0.2) is 11.9 Å². The molecule has 3 aromatic carbocycles. The van der Waals surface area contributed by atoms with Crippen molar-refractivity contribution in [3.63, 3.8) is 0 Å². The molecule has 18 heteroatoms. The summed E-state index contributed by atoms with van der Waals surface area (Å²) in [5, 5.41) is 32.4. The summed E-state index contributed by atoms with van der Waals surface area (Å²) in [5.74, 6) is 0.977. The lowest BCUT2D eigenvalue weighted by Gasteiger charge is -2.36. The number of carbonyl (C=O) groups is 4. The van der Waals surface area contributed by atoms with Gasteiger partial charge in [-0.1, -0.05) is 68.8 Å². The van der Waals surface area contributed by atoms with Gasteiger partial charge in [-0.15, -0.1) is 32.9 Å². The van der Waals surface area contributed by atoms with Crippen LogP contribution in [0.4, 0.5) is 0 Å². The van der Waals surface area contributed by atoms with Crippen LogP contribution in [0.25, 0.3) is 15.4 Å². The van der Waals surface area contributed by atoms with Crippen LogP contribution in [0.15, 0.2) is 83.2 Å². The monoisotopic (exact) mass is 1040 g/mol. The molecule has 1 saturated heterocycles. The zero-order valence-electron chi connectivity index (χ0n) is 42.2. The molecule has 382 valence electrons. The molecule has 73 heavy (non-hydrogen) atoms. The van der Waals surface area contributed by atoms with Crippen molar-refractivity contribution in [3.05, 3.63) is 133 Å². The molecule has 9 rings (SSSR count). The Balaban J connectivity index is 0.771. The molecule has 0 bridgehead atoms. The SMILES string of the molecule is Cc1ccsc1-c1ccc([C@H](C)NC(=O)[C@@H]2C[C@@H](O)CN2C(=O)[C@@H](NC(=O)C2Cc3cc(OCCCNC(=O)C[C@@H]4N=C(c5ccc(Cl)cc5)c5c(sc(C)c5C)-n5c(C)nnc54)ccc3O2)C(C)(C)C)cc1. The van der Waals surface area contributed by atoms with Crippen LogP contribution in [0.3, 0.4) is 0 Å². The molecule has 3 aliphatic heterocycles. The number of aliphatic imine (C=N–C) groups is 1. The molecule has 3 aliphatic rings. The predicted octanol–water partition coefficient (Wildman–Crippen LogP) is 8.49. The van der Waals surface area contributed by atoms with E-state index >= 15 is 0 Å². The summed E-state index contributed by atoms with van der Waals surface area (Å²) in [4.78, 5) is 64.6. The number of aromatic nitrogens is 3. The minimum Gasteiger partial charge on any atom is -0.494 e. The zero-order chi connectivity index (χ0) is 51.9. The molecule has 4 N–H and O–H groups in total. The lowest BCUT2D eigenvalue weighted by Crippen LogP contribution is -2.59. The highest BCUT2D eigenvalue weighted by atomic mass is 35.5. The average Bonchev–Trinajstić information content (AvgIpc) is 4.19. The number of nitrogens with one attached hydrogen (secondary N) is 3. The van der Waals surface area contributed by atoms with Gasteiger partial charge in [-0.05, 0) is 110 Å². The number of aliphatic hydroxyl groups excluding tert-OH is 1. The average molecular weight is 1050 g/mol. The van der Waals surface area contributed by atoms with Crippen molar-refractivity contribution in [2.75, 3.05) is 19.7 Å². The number of ether oxygens (including phenoxy) is 2. The van der Waals surface area contributed by atoms with Crippen LogP contribution < -0.4 is 25.4 Å². The Morgan fingerprint density at radius 2 is 1.68 bits per heavy atom. The van der Waals surface area contributed by atoms with Gasteiger partial charge in [-0.3, -0.25) is 28.7 Å². The third-order valence-corrected chi connectivity index (χ3v) is 16.3. The first-order valence-electron chi connectivity index (χ1n) is 24.6. The highest BCUT2D eigenvalue weighted by molar-refractivity contribution is 7.15. The standard InChI is InChI=1S/C55H61ClN8O7S2/c1-29-20-23-72-48(29)36-12-10-34(11-13-36)31(3)58-51(67)42-26-39(65)28-63(42)53(69)49(55(6,7)8)60-52(68)44-25-37-24-40(18-19-43(37)71-44)70-22-9-21-57-45(66)27-41-50-62-61-33(5)64(50)54-46(30(2)32(4)73-54)47(59-41)35-14-16-38(56)17-15-35/h10-20,23-24,31,39,41-42,44,49,65H,9,21-22,25-28H2,1-8H3,(H,57,66)(H,58,67)(H,60,68)/t31-,39+,41-,42-,44?,49+/m0/s1. The first kappa shape index (κ1) is 51.5. The number of carbonyl (C=O) groups excluding carboxylic acids is 4. The molecule has 6 atom stereocenters. The van der Waals surface area contributed by atoms with Crippen LogP contribution in [0.1, 0.15) is 109 Å². The van der Waals surface area contributed by atoms with E-state index in [9.17, 15) is 24.3 Å². The van der Waals surface area contributed by atoms with E-state index in [1.807, 2.05) is 93.8 Å². The van der Waals surface area contributed by atoms with E-state index in [2.05, 4.69) is 58.4 Å². The molecule has 0 saturated carbocycles. The van der Waals surface area contributed by atoms with E-state index in [4.69, 9.17) is 26.1 Å². The Bertz CT molecular complexity index is 3080. The fourth-order valence-corrected chi connectivity index (χ4v) is 11.9. The number of β-amino-alcohol motifs (C(OH)–C–C–N with tert-alkyl or cyclic N) is 1. The Morgan fingerprint density at radius 3 is 2.40 bits per heavy atom. The van der Waals surface area contributed by atoms with Crippen molar-refractivity contribution in [2.24, 2.45) is 10.4 Å². The highest BCUT2D eigenvalue weighted by Crippen LogP contribution is 2.40. The molecular weight excluding hydrogens is 984 g/mol. The summed E-state index contributed by atoms with van der Waals surface area (Å²) < 4.78 is 14.2. The van der Waals surface area contributed by atoms with E-state index in [1.54, 1.807) is 34.8 Å². The number of halogens is 1. The maximum atomic E-state index is 14.4. The normalized spacial score (nSPS) is 18.9. The Labute approximate surface area is 438 Å². The fraction of sp³-hybridized carbons (Fsp3) is 0.400. The van der Waals surface area contributed by atoms with E-state index in [0.29, 0.717) is 41.9 Å². The van der Waals surface area contributed by atoms with E-state index in [1.165, 1.54) is 15.3 Å². The first-order valence-corrected chi connectivity index (χ1v) is 26.7. The molecule has 4 amide bonds. The number of nitrogens with zero attached hydrogens (tertiary/aromatic N) is 5. The molecule has 3 aromatic heterocycles. The Kier molecular flexibility index (Phi) is 15.0. The second-order valence-corrected chi connectivity index (χ2v) is 22.8. The summed E-state index contributed by atoms with van der Waals surface area (Å²) >= 11 is 9.60. The number of hydrogen-bond acceptors (Lipinski definition) is 12. The number of rotatable bonds is 15. The van der Waals surface area contributed by atoms with Crippen molar-refractivity contribution in [3.8, 4) is 26.9 Å². The minimum absolute atomic E-state index is 0.0355. The molecule has 0 radical (unpaired) electrons. The van der Waals surface area contributed by atoms with Gasteiger partial charge in [0.25, 0.3) is 5.91 Å². The van der Waals surface area contributed by atoms with Gasteiger partial charge in [-0.25, -0.2) is 0 Å². The number of benzene rings is 3. The lowest BCUT2D eigenvalue weighted by molar-refractivity contribution is -0.145. The second-order valence-electron chi connectivity index (χ2n) is 20.2. The van der Waals surface area contributed by atoms with Crippen LogP contribution in [-0.4, -0.2) is 98.1 Å². The molecule has 0 spiro atoms. The van der Waals surface area contributed by atoms with Crippen LogP contribution >= 0.6 is 34.3 Å². The summed E-state index contributed by atoms with van der Waals surface area (Å²) in [5.41, 5.74) is 7.04. The predicted molar refractivity (Wildman–Crippen MR) is 284 cm³/mol. The van der Waals surface area contributed by atoms with Crippen molar-refractivity contribution < 1.29 is 33.8 Å². The van der Waals surface area contributed by atoms with Gasteiger partial charge in [0.1, 0.15) is 40.5 Å². The van der Waals surface area contributed by atoms with Gasteiger partial charge in [-0.2, -0.15) is 0 Å². The van der Waals surface area contributed by atoms with Crippen molar-refractivity contribution >= 4 is 63.6 Å². The summed E-state index contributed by atoms with van der Waals surface area (Å²) in [6.07, 6.45) is -0.877. The number of thiophene rings is 2. The molecular formula is C55H61ClN8O7S2. The minimum atomic E-state index is -1.02. The molecule has 1 unspecified atom stereocenters. The molecule has 0 aliphatic carbocycles. The third kappa shape index (κ3) is 11.0. The number of fused-ring (bicyclic) bond motifs is 4. The van der Waals surface area contributed by atoms with Crippen LogP contribution in [0, 0.1) is 33.1 Å². The number of aryl methyl sites for hydroxylation is 3. The summed E-state index contributed by atoms with van der Waals surface area (Å²) in [6.45, 7) is 16.2. The second kappa shape index (κ2) is 21.2. The van der Waals surface area contributed by atoms with Crippen LogP contribution in [0.5, 0.6) is 11.5 Å². The zero-order valence-corrected chi connectivity index (χ0v) is 44.6. The molecule has 1 fully saturated rings. The summed E-state index contributed by atoms with van der Waals surface area (Å²) in [7, 11) is 0. The first-order chi connectivity index (χ1) is 34.8. The van der Waals surface area contributed by atoms with Crippen molar-refractivity contribution in [2.45, 2.75) is 117 Å². The smallest absolute Gasteiger partial charge is 0.262 e. The highest BCUT2D eigenvalue weighted by Gasteiger charge is 2.46. The number of hydrogen-bond donors (Lipinski definition) is 4. The lowest BCUT2D eigenvalue weighted by atomic mass is 9.85. The van der Waals surface area contributed by atoms with Gasteiger partial charge < -0.3 is 35.4 Å². The van der Waals surface area contributed by atoms with Gasteiger partial charge >= 0.3 is 0 Å². The number of aliphatic hydroxyl groups is 1. The molecule has 6 aromatic rings. The Morgan fingerprint density at radius 1 is 0.945 bits per heavy atom. The third-order valence-electron chi connectivity index (χ3n) is 13.8. The van der Waals surface area contributed by atoms with Crippen molar-refractivity contribution in [1.82, 2.24) is 35.6 Å². The van der Waals surface area contributed by atoms with E-state index in [0.717, 1.165) is 54.8 Å². The molecule has 15 nitrogen and oxygen atoms in total. The number of amides is 4. The van der Waals surface area contributed by atoms with Gasteiger partial charge in [0.05, 0.1) is 30.9 Å². The quantitative estimate of drug-likeness (QED) is 0.0732. The van der Waals surface area contributed by atoms with Gasteiger partial charge in [0, 0.05) is 57.4 Å². The van der Waals surface area contributed by atoms with Gasteiger partial charge in [0.2, 0.25) is 17.7 Å². The molecule has 6 heterocycles. The van der Waals surface area contributed by atoms with Crippen LogP contribution in [-0.2, 0) is 25.6 Å². The van der Waals surface area contributed by atoms with E-state index in [-0.39, 0.29) is 43.7 Å². The van der Waals surface area contributed by atoms with E-state index < -0.39 is 47.6 Å².